The zero-order valence-electron chi connectivity index (χ0n) is 9.44. The van der Waals surface area contributed by atoms with E-state index in [0.717, 1.165) is 30.5 Å². The number of carbonyl (C=O) groups excluding carboxylic acids is 1. The highest BCUT2D eigenvalue weighted by atomic mass is 16.2. The minimum Gasteiger partial charge on any atom is -0.272 e. The van der Waals surface area contributed by atoms with Crippen LogP contribution in [0.4, 0.5) is 0 Å². The average molecular weight is 227 g/mol. The predicted octanol–water partition coefficient (Wildman–Crippen LogP) is 1.76. The number of nitriles is 1. The molecule has 1 amide bonds. The molecule has 0 unspecified atom stereocenters. The van der Waals surface area contributed by atoms with Gasteiger partial charge in [0.25, 0.3) is 5.91 Å². The van der Waals surface area contributed by atoms with Crippen molar-refractivity contribution < 1.29 is 4.79 Å². The van der Waals surface area contributed by atoms with E-state index >= 15 is 0 Å². The lowest BCUT2D eigenvalue weighted by molar-refractivity contribution is -0.120. The molecular formula is C13H13N3O. The molecule has 4 nitrogen and oxygen atoms in total. The van der Waals surface area contributed by atoms with Crippen LogP contribution in [0.3, 0.4) is 0 Å². The molecule has 0 aliphatic heterocycles. The van der Waals surface area contributed by atoms with Crippen LogP contribution in [-0.2, 0) is 11.2 Å². The lowest BCUT2D eigenvalue weighted by Gasteiger charge is -2.17. The molecule has 0 heterocycles. The highest BCUT2D eigenvalue weighted by Gasteiger charge is 2.14. The van der Waals surface area contributed by atoms with Crippen LogP contribution in [0, 0.1) is 11.3 Å². The van der Waals surface area contributed by atoms with E-state index in [-0.39, 0.29) is 12.3 Å². The zero-order chi connectivity index (χ0) is 12.1. The van der Waals surface area contributed by atoms with Gasteiger partial charge < -0.3 is 0 Å². The number of hydrogen-bond acceptors (Lipinski definition) is 3. The van der Waals surface area contributed by atoms with Gasteiger partial charge in [0.2, 0.25) is 0 Å². The monoisotopic (exact) mass is 227 g/mol. The average Bonchev–Trinajstić information content (AvgIpc) is 2.36. The van der Waals surface area contributed by atoms with Gasteiger partial charge in [-0.1, -0.05) is 24.3 Å². The van der Waals surface area contributed by atoms with Crippen LogP contribution >= 0.6 is 0 Å². The SMILES string of the molecule is N#CCC(=O)N/N=C1\CCCc2ccccc21. The summed E-state index contributed by atoms with van der Waals surface area (Å²) in [5, 5.41) is 12.5. The molecule has 0 saturated carbocycles. The van der Waals surface area contributed by atoms with Crippen LogP contribution in [0.25, 0.3) is 0 Å². The molecule has 1 aromatic rings. The molecule has 17 heavy (non-hydrogen) atoms. The molecule has 1 aliphatic rings. The second-order valence-electron chi connectivity index (χ2n) is 3.94. The number of nitrogens with one attached hydrogen (secondary N) is 1. The van der Waals surface area contributed by atoms with E-state index in [1.54, 1.807) is 6.07 Å². The van der Waals surface area contributed by atoms with Crippen molar-refractivity contribution in [1.82, 2.24) is 5.43 Å². The summed E-state index contributed by atoms with van der Waals surface area (Å²) >= 11 is 0. The van der Waals surface area contributed by atoms with Gasteiger partial charge in [-0.05, 0) is 24.8 Å². The Morgan fingerprint density at radius 1 is 1.41 bits per heavy atom. The third-order valence-corrected chi connectivity index (χ3v) is 2.74. The number of rotatable bonds is 2. The quantitative estimate of drug-likeness (QED) is 0.782. The molecule has 1 aromatic carbocycles. The smallest absolute Gasteiger partial charge is 0.254 e. The minimum atomic E-state index is -0.358. The topological polar surface area (TPSA) is 65.2 Å². The van der Waals surface area contributed by atoms with E-state index in [1.165, 1.54) is 5.56 Å². The van der Waals surface area contributed by atoms with E-state index in [2.05, 4.69) is 16.6 Å². The fourth-order valence-electron chi connectivity index (χ4n) is 1.96. The number of benzene rings is 1. The molecule has 0 saturated heterocycles. The number of carbonyl (C=O) groups is 1. The summed E-state index contributed by atoms with van der Waals surface area (Å²) in [5.74, 6) is -0.358. The van der Waals surface area contributed by atoms with Crippen molar-refractivity contribution in [2.24, 2.45) is 5.10 Å². The Bertz CT molecular complexity index is 500. The molecule has 0 spiro atoms. The number of amides is 1. The second kappa shape index (κ2) is 5.26. The predicted molar refractivity (Wildman–Crippen MR) is 64.3 cm³/mol. The lowest BCUT2D eigenvalue weighted by Crippen LogP contribution is -2.21. The van der Waals surface area contributed by atoms with Crippen molar-refractivity contribution in [2.45, 2.75) is 25.7 Å². The van der Waals surface area contributed by atoms with Crippen molar-refractivity contribution in [1.29, 1.82) is 5.26 Å². The van der Waals surface area contributed by atoms with Gasteiger partial charge in [-0.25, -0.2) is 5.43 Å². The summed E-state index contributed by atoms with van der Waals surface area (Å²) in [4.78, 5) is 11.2. The summed E-state index contributed by atoms with van der Waals surface area (Å²) in [7, 11) is 0. The third-order valence-electron chi connectivity index (χ3n) is 2.74. The summed E-state index contributed by atoms with van der Waals surface area (Å²) in [6.07, 6.45) is 2.81. The van der Waals surface area contributed by atoms with Crippen molar-refractivity contribution in [3.05, 3.63) is 35.4 Å². The number of fused-ring (bicyclic) bond motifs is 1. The zero-order valence-corrected chi connectivity index (χ0v) is 9.44. The van der Waals surface area contributed by atoms with Gasteiger partial charge in [0.1, 0.15) is 6.42 Å². The van der Waals surface area contributed by atoms with Crippen molar-refractivity contribution in [3.8, 4) is 6.07 Å². The number of hydrogen-bond donors (Lipinski definition) is 1. The molecule has 1 N–H and O–H groups in total. The van der Waals surface area contributed by atoms with Gasteiger partial charge in [-0.3, -0.25) is 4.79 Å². The summed E-state index contributed by atoms with van der Waals surface area (Å²) in [6.45, 7) is 0. The Morgan fingerprint density at radius 3 is 3.06 bits per heavy atom. The first kappa shape index (κ1) is 11.3. The molecule has 0 atom stereocenters. The van der Waals surface area contributed by atoms with Crippen molar-refractivity contribution in [2.75, 3.05) is 0 Å². The number of aryl methyl sites for hydroxylation is 1. The third kappa shape index (κ3) is 2.70. The highest BCUT2D eigenvalue weighted by molar-refractivity contribution is 6.03. The summed E-state index contributed by atoms with van der Waals surface area (Å²) < 4.78 is 0. The molecule has 4 heteroatoms. The van der Waals surface area contributed by atoms with E-state index in [1.807, 2.05) is 18.2 Å². The molecule has 0 fully saturated rings. The van der Waals surface area contributed by atoms with Gasteiger partial charge in [0, 0.05) is 5.56 Å². The first-order valence-corrected chi connectivity index (χ1v) is 5.62. The Morgan fingerprint density at radius 2 is 2.24 bits per heavy atom. The van der Waals surface area contributed by atoms with E-state index in [9.17, 15) is 4.79 Å². The van der Waals surface area contributed by atoms with E-state index in [0.29, 0.717) is 0 Å². The molecule has 2 rings (SSSR count). The fraction of sp³-hybridized carbons (Fsp3) is 0.308. The van der Waals surface area contributed by atoms with E-state index < -0.39 is 0 Å². The van der Waals surface area contributed by atoms with Gasteiger partial charge >= 0.3 is 0 Å². The van der Waals surface area contributed by atoms with Gasteiger partial charge in [-0.2, -0.15) is 10.4 Å². The van der Waals surface area contributed by atoms with E-state index in [4.69, 9.17) is 5.26 Å². The molecule has 0 bridgehead atoms. The Balaban J connectivity index is 2.16. The number of nitrogens with zero attached hydrogens (tertiary/aromatic N) is 2. The maximum Gasteiger partial charge on any atom is 0.254 e. The minimum absolute atomic E-state index is 0.154. The van der Waals surface area contributed by atoms with Crippen LogP contribution < -0.4 is 5.43 Å². The lowest BCUT2D eigenvalue weighted by atomic mass is 9.90. The maximum atomic E-state index is 11.2. The molecule has 0 aromatic heterocycles. The van der Waals surface area contributed by atoms with Crippen LogP contribution in [0.5, 0.6) is 0 Å². The first-order chi connectivity index (χ1) is 8.31. The van der Waals surface area contributed by atoms with Crippen molar-refractivity contribution in [3.63, 3.8) is 0 Å². The Hall–Kier alpha value is -2.15. The molecule has 86 valence electrons. The van der Waals surface area contributed by atoms with Crippen LogP contribution in [0.2, 0.25) is 0 Å². The standard InChI is InChI=1S/C13H13N3O/c14-9-8-13(17)16-15-12-7-3-5-10-4-1-2-6-11(10)12/h1-2,4,6H,3,5,7-8H2,(H,16,17)/b15-12+. The summed E-state index contributed by atoms with van der Waals surface area (Å²) in [6, 6.07) is 9.87. The van der Waals surface area contributed by atoms with Crippen LogP contribution in [-0.4, -0.2) is 11.6 Å². The second-order valence-corrected chi connectivity index (χ2v) is 3.94. The Kier molecular flexibility index (Phi) is 3.51. The van der Waals surface area contributed by atoms with Gasteiger partial charge in [0.15, 0.2) is 0 Å². The van der Waals surface area contributed by atoms with Crippen LogP contribution in [0.1, 0.15) is 30.4 Å². The van der Waals surface area contributed by atoms with Crippen LogP contribution in [0.15, 0.2) is 29.4 Å². The Labute approximate surface area is 99.9 Å². The fourth-order valence-corrected chi connectivity index (χ4v) is 1.96. The normalized spacial score (nSPS) is 16.1. The van der Waals surface area contributed by atoms with Gasteiger partial charge in [0.05, 0.1) is 11.8 Å². The molecular weight excluding hydrogens is 214 g/mol. The summed E-state index contributed by atoms with van der Waals surface area (Å²) in [5.41, 5.74) is 5.70. The maximum absolute atomic E-state index is 11.2. The number of hydrazone groups is 1. The van der Waals surface area contributed by atoms with Gasteiger partial charge in [-0.15, -0.1) is 0 Å². The van der Waals surface area contributed by atoms with Crippen molar-refractivity contribution >= 4 is 11.6 Å². The largest absolute Gasteiger partial charge is 0.272 e. The first-order valence-electron chi connectivity index (χ1n) is 5.62. The molecule has 0 radical (unpaired) electrons. The highest BCUT2D eigenvalue weighted by Crippen LogP contribution is 2.20. The molecule has 1 aliphatic carbocycles.